The van der Waals surface area contributed by atoms with Gasteiger partial charge in [0.2, 0.25) is 0 Å². The molecule has 0 saturated heterocycles. The van der Waals surface area contributed by atoms with Crippen LogP contribution in [0.5, 0.6) is 0 Å². The lowest BCUT2D eigenvalue weighted by molar-refractivity contribution is -0.139. The van der Waals surface area contributed by atoms with Crippen LogP contribution in [0.15, 0.2) is 11.1 Å². The van der Waals surface area contributed by atoms with Crippen molar-refractivity contribution in [3.05, 3.63) is 11.1 Å². The Morgan fingerprint density at radius 2 is 2.09 bits per heavy atom. The average molecular weight is 154 g/mol. The van der Waals surface area contributed by atoms with E-state index in [0.29, 0.717) is 0 Å². The molecule has 0 aromatic carbocycles. The molecule has 62 valence electrons. The lowest BCUT2D eigenvalue weighted by Gasteiger charge is -2.08. The second-order valence-corrected chi connectivity index (χ2v) is 2.99. The maximum atomic E-state index is 11.0. The molecular formula is C9H14O2. The van der Waals surface area contributed by atoms with Gasteiger partial charge in [0.1, 0.15) is 6.10 Å². The molecule has 0 spiro atoms. The molecule has 1 aliphatic heterocycles. The Kier molecular flexibility index (Phi) is 2.32. The van der Waals surface area contributed by atoms with Gasteiger partial charge in [-0.1, -0.05) is 13.3 Å². The smallest absolute Gasteiger partial charge is 0.334 e. The summed E-state index contributed by atoms with van der Waals surface area (Å²) in [5.41, 5.74) is 1.90. The van der Waals surface area contributed by atoms with Gasteiger partial charge in [-0.05, 0) is 25.8 Å². The molecule has 0 aromatic heterocycles. The number of esters is 1. The monoisotopic (exact) mass is 154 g/mol. The van der Waals surface area contributed by atoms with Gasteiger partial charge >= 0.3 is 5.97 Å². The lowest BCUT2D eigenvalue weighted by Crippen LogP contribution is -2.09. The summed E-state index contributed by atoms with van der Waals surface area (Å²) < 4.78 is 5.11. The molecule has 1 atom stereocenters. The van der Waals surface area contributed by atoms with E-state index in [1.54, 1.807) is 0 Å². The predicted octanol–water partition coefficient (Wildman–Crippen LogP) is 2.05. The van der Waals surface area contributed by atoms with Crippen molar-refractivity contribution >= 4 is 5.97 Å². The summed E-state index contributed by atoms with van der Waals surface area (Å²) in [4.78, 5) is 11.0. The Morgan fingerprint density at radius 3 is 2.45 bits per heavy atom. The molecule has 11 heavy (non-hydrogen) atoms. The Morgan fingerprint density at radius 1 is 1.45 bits per heavy atom. The second kappa shape index (κ2) is 3.07. The van der Waals surface area contributed by atoms with Crippen LogP contribution in [0, 0.1) is 0 Å². The van der Waals surface area contributed by atoms with Crippen LogP contribution in [0.4, 0.5) is 0 Å². The Labute approximate surface area is 67.2 Å². The highest BCUT2D eigenvalue weighted by atomic mass is 16.5. The lowest BCUT2D eigenvalue weighted by atomic mass is 10.1. The van der Waals surface area contributed by atoms with E-state index >= 15 is 0 Å². The molecule has 2 heteroatoms. The van der Waals surface area contributed by atoms with Crippen molar-refractivity contribution in [3.8, 4) is 0 Å². The molecular weight excluding hydrogens is 140 g/mol. The van der Waals surface area contributed by atoms with Crippen molar-refractivity contribution in [2.75, 3.05) is 0 Å². The molecule has 0 fully saturated rings. The normalized spacial score (nSPS) is 24.3. The van der Waals surface area contributed by atoms with Gasteiger partial charge in [0.05, 0.1) is 0 Å². The highest BCUT2D eigenvalue weighted by Gasteiger charge is 2.26. The van der Waals surface area contributed by atoms with Crippen molar-refractivity contribution in [3.63, 3.8) is 0 Å². The number of rotatable bonds is 2. The first kappa shape index (κ1) is 8.31. The van der Waals surface area contributed by atoms with Crippen LogP contribution in [0.2, 0.25) is 0 Å². The summed E-state index contributed by atoms with van der Waals surface area (Å²) in [6.45, 7) is 5.89. The van der Waals surface area contributed by atoms with Gasteiger partial charge in [-0.2, -0.15) is 0 Å². The van der Waals surface area contributed by atoms with Crippen LogP contribution < -0.4 is 0 Å². The van der Waals surface area contributed by atoms with Gasteiger partial charge in [-0.15, -0.1) is 0 Å². The van der Waals surface area contributed by atoms with Crippen molar-refractivity contribution < 1.29 is 9.53 Å². The molecule has 1 heterocycles. The van der Waals surface area contributed by atoms with E-state index in [-0.39, 0.29) is 12.1 Å². The third-order valence-corrected chi connectivity index (χ3v) is 2.18. The van der Waals surface area contributed by atoms with E-state index in [9.17, 15) is 4.79 Å². The molecule has 0 saturated carbocycles. The van der Waals surface area contributed by atoms with Gasteiger partial charge in [0.25, 0.3) is 0 Å². The van der Waals surface area contributed by atoms with Crippen LogP contribution >= 0.6 is 0 Å². The molecule has 0 amide bonds. The Hall–Kier alpha value is -0.790. The van der Waals surface area contributed by atoms with Crippen molar-refractivity contribution in [1.82, 2.24) is 0 Å². The highest BCUT2D eigenvalue weighted by Crippen LogP contribution is 2.24. The fourth-order valence-corrected chi connectivity index (χ4v) is 1.25. The van der Waals surface area contributed by atoms with Gasteiger partial charge < -0.3 is 4.74 Å². The predicted molar refractivity (Wildman–Crippen MR) is 43.2 cm³/mol. The summed E-state index contributed by atoms with van der Waals surface area (Å²) in [6, 6.07) is 0. The maximum absolute atomic E-state index is 11.0. The summed E-state index contributed by atoms with van der Waals surface area (Å²) in [7, 11) is 0. The first-order valence-electron chi connectivity index (χ1n) is 4.05. The Balaban J connectivity index is 2.69. The Bertz CT molecular complexity index is 204. The first-order chi connectivity index (χ1) is 5.16. The fourth-order valence-electron chi connectivity index (χ4n) is 1.25. The summed E-state index contributed by atoms with van der Waals surface area (Å²) >= 11 is 0. The van der Waals surface area contributed by atoms with Crippen LogP contribution in [-0.2, 0) is 9.53 Å². The van der Waals surface area contributed by atoms with Crippen molar-refractivity contribution in [2.45, 2.75) is 39.7 Å². The van der Waals surface area contributed by atoms with Crippen molar-refractivity contribution in [2.24, 2.45) is 0 Å². The molecule has 0 N–H and O–H groups in total. The maximum Gasteiger partial charge on any atom is 0.334 e. The van der Waals surface area contributed by atoms with Crippen LogP contribution in [0.3, 0.4) is 0 Å². The zero-order chi connectivity index (χ0) is 8.43. The first-order valence-corrected chi connectivity index (χ1v) is 4.05. The number of hydrogen-bond acceptors (Lipinski definition) is 2. The van der Waals surface area contributed by atoms with E-state index in [0.717, 1.165) is 24.0 Å². The average Bonchev–Trinajstić information content (AvgIpc) is 2.19. The van der Waals surface area contributed by atoms with Gasteiger partial charge in [0.15, 0.2) is 0 Å². The summed E-state index contributed by atoms with van der Waals surface area (Å²) in [5.74, 6) is -0.138. The largest absolute Gasteiger partial charge is 0.454 e. The van der Waals surface area contributed by atoms with E-state index in [2.05, 4.69) is 6.92 Å². The minimum Gasteiger partial charge on any atom is -0.454 e. The standard InChI is InChI=1S/C9H14O2/c1-4-5-8-6(2)7(3)9(10)11-8/h8H,4-5H2,1-3H3. The zero-order valence-corrected chi connectivity index (χ0v) is 7.31. The molecule has 1 aliphatic rings. The molecule has 0 bridgehead atoms. The van der Waals surface area contributed by atoms with E-state index in [1.165, 1.54) is 0 Å². The second-order valence-electron chi connectivity index (χ2n) is 2.99. The van der Waals surface area contributed by atoms with Gasteiger partial charge in [-0.25, -0.2) is 4.79 Å². The number of hydrogen-bond donors (Lipinski definition) is 0. The number of carbonyl (C=O) groups excluding carboxylic acids is 1. The van der Waals surface area contributed by atoms with Gasteiger partial charge in [-0.3, -0.25) is 0 Å². The minimum absolute atomic E-state index is 0.0625. The number of carbonyl (C=O) groups is 1. The molecule has 1 rings (SSSR count). The summed E-state index contributed by atoms with van der Waals surface area (Å²) in [6.07, 6.45) is 2.07. The highest BCUT2D eigenvalue weighted by molar-refractivity contribution is 5.91. The third kappa shape index (κ3) is 1.44. The molecule has 0 aliphatic carbocycles. The molecule has 1 unspecified atom stereocenters. The van der Waals surface area contributed by atoms with Crippen LogP contribution in [0.1, 0.15) is 33.6 Å². The minimum atomic E-state index is -0.138. The van der Waals surface area contributed by atoms with E-state index < -0.39 is 0 Å². The van der Waals surface area contributed by atoms with Crippen LogP contribution in [-0.4, -0.2) is 12.1 Å². The molecule has 0 aromatic rings. The van der Waals surface area contributed by atoms with Crippen LogP contribution in [0.25, 0.3) is 0 Å². The number of ether oxygens (including phenoxy) is 1. The van der Waals surface area contributed by atoms with E-state index in [1.807, 2.05) is 13.8 Å². The van der Waals surface area contributed by atoms with Gasteiger partial charge in [0, 0.05) is 5.57 Å². The number of cyclic esters (lactones) is 1. The van der Waals surface area contributed by atoms with Crippen molar-refractivity contribution in [1.29, 1.82) is 0 Å². The molecule has 0 radical (unpaired) electrons. The summed E-state index contributed by atoms with van der Waals surface area (Å²) in [5, 5.41) is 0. The zero-order valence-electron chi connectivity index (χ0n) is 7.31. The quantitative estimate of drug-likeness (QED) is 0.569. The SMILES string of the molecule is CCCC1OC(=O)C(C)=C1C. The topological polar surface area (TPSA) is 26.3 Å². The van der Waals surface area contributed by atoms with E-state index in [4.69, 9.17) is 4.74 Å². The third-order valence-electron chi connectivity index (χ3n) is 2.18. The molecule has 2 nitrogen and oxygen atoms in total. The fraction of sp³-hybridized carbons (Fsp3) is 0.667.